The zero-order valence-corrected chi connectivity index (χ0v) is 9.99. The molecule has 1 aliphatic rings. The van der Waals surface area contributed by atoms with Crippen LogP contribution in [0.3, 0.4) is 0 Å². The van der Waals surface area contributed by atoms with E-state index in [1.807, 2.05) is 13.0 Å². The van der Waals surface area contributed by atoms with Crippen molar-refractivity contribution in [3.05, 3.63) is 18.1 Å². The molecule has 0 aromatic carbocycles. The van der Waals surface area contributed by atoms with Gasteiger partial charge >= 0.3 is 0 Å². The molecule has 0 amide bonds. The van der Waals surface area contributed by atoms with Gasteiger partial charge in [-0.25, -0.2) is 9.97 Å². The van der Waals surface area contributed by atoms with Gasteiger partial charge in [0.2, 0.25) is 0 Å². The minimum atomic E-state index is 0.453. The molecule has 0 aliphatic heterocycles. The maximum absolute atomic E-state index is 5.14. The lowest BCUT2D eigenvalue weighted by atomic mass is 10.0. The lowest BCUT2D eigenvalue weighted by molar-refractivity contribution is 0.175. The van der Waals surface area contributed by atoms with E-state index >= 15 is 0 Å². The van der Waals surface area contributed by atoms with Gasteiger partial charge < -0.3 is 10.1 Å². The van der Waals surface area contributed by atoms with Crippen LogP contribution < -0.4 is 5.32 Å². The Morgan fingerprint density at radius 3 is 2.94 bits per heavy atom. The number of rotatable bonds is 6. The average Bonchev–Trinajstić information content (AvgIpc) is 3.05. The van der Waals surface area contributed by atoms with Gasteiger partial charge in [-0.3, -0.25) is 0 Å². The van der Waals surface area contributed by atoms with Crippen LogP contribution >= 0.6 is 0 Å². The second kappa shape index (κ2) is 4.78. The number of hydrogen-bond acceptors (Lipinski definition) is 4. The number of anilines is 1. The zero-order chi connectivity index (χ0) is 11.4. The van der Waals surface area contributed by atoms with Crippen LogP contribution in [0.15, 0.2) is 12.3 Å². The maximum Gasteiger partial charge on any atom is 0.129 e. The van der Waals surface area contributed by atoms with Gasteiger partial charge in [0.05, 0.1) is 0 Å². The normalized spacial score (nSPS) is 17.1. The van der Waals surface area contributed by atoms with Crippen LogP contribution in [0.5, 0.6) is 0 Å². The Kier molecular flexibility index (Phi) is 3.39. The molecule has 0 bridgehead atoms. The standard InChI is InChI=1S/C12H19N3O/c1-10-13-7-3-11(15-10)14-9-12(4-5-12)6-8-16-2/h3,7H,4-6,8-9H2,1-2H3,(H,13,14,15). The summed E-state index contributed by atoms with van der Waals surface area (Å²) >= 11 is 0. The molecule has 0 radical (unpaired) electrons. The van der Waals surface area contributed by atoms with Crippen LogP contribution in [0.1, 0.15) is 25.1 Å². The molecular formula is C12H19N3O. The first kappa shape index (κ1) is 11.3. The molecule has 1 N–H and O–H groups in total. The number of ether oxygens (including phenoxy) is 1. The quantitative estimate of drug-likeness (QED) is 0.798. The van der Waals surface area contributed by atoms with Crippen molar-refractivity contribution in [2.75, 3.05) is 25.6 Å². The molecule has 2 rings (SSSR count). The average molecular weight is 221 g/mol. The Morgan fingerprint density at radius 1 is 1.50 bits per heavy atom. The third-order valence-corrected chi connectivity index (χ3v) is 3.21. The second-order valence-corrected chi connectivity index (χ2v) is 4.59. The van der Waals surface area contributed by atoms with Crippen molar-refractivity contribution in [3.8, 4) is 0 Å². The van der Waals surface area contributed by atoms with Gasteiger partial charge in [0.1, 0.15) is 11.6 Å². The molecule has 16 heavy (non-hydrogen) atoms. The molecular weight excluding hydrogens is 202 g/mol. The van der Waals surface area contributed by atoms with E-state index in [2.05, 4.69) is 15.3 Å². The fraction of sp³-hybridized carbons (Fsp3) is 0.667. The first-order valence-electron chi connectivity index (χ1n) is 5.77. The van der Waals surface area contributed by atoms with Crippen LogP contribution in [-0.4, -0.2) is 30.2 Å². The summed E-state index contributed by atoms with van der Waals surface area (Å²) < 4.78 is 5.14. The lowest BCUT2D eigenvalue weighted by Crippen LogP contribution is -2.18. The van der Waals surface area contributed by atoms with E-state index in [0.717, 1.165) is 31.2 Å². The van der Waals surface area contributed by atoms with Crippen LogP contribution in [0, 0.1) is 12.3 Å². The molecule has 1 fully saturated rings. The summed E-state index contributed by atoms with van der Waals surface area (Å²) in [5.74, 6) is 1.74. The van der Waals surface area contributed by atoms with Crippen LogP contribution in [0.2, 0.25) is 0 Å². The monoisotopic (exact) mass is 221 g/mol. The highest BCUT2D eigenvalue weighted by atomic mass is 16.5. The van der Waals surface area contributed by atoms with E-state index in [-0.39, 0.29) is 0 Å². The van der Waals surface area contributed by atoms with E-state index < -0.39 is 0 Å². The van der Waals surface area contributed by atoms with Crippen molar-refractivity contribution in [3.63, 3.8) is 0 Å². The third kappa shape index (κ3) is 2.92. The SMILES string of the molecule is COCCC1(CNc2ccnc(C)n2)CC1. The van der Waals surface area contributed by atoms with Gasteiger partial charge in [0.25, 0.3) is 0 Å². The summed E-state index contributed by atoms with van der Waals surface area (Å²) in [6, 6.07) is 1.92. The number of aromatic nitrogens is 2. The van der Waals surface area contributed by atoms with Crippen molar-refractivity contribution in [1.82, 2.24) is 9.97 Å². The van der Waals surface area contributed by atoms with E-state index in [1.54, 1.807) is 13.3 Å². The molecule has 1 aromatic rings. The van der Waals surface area contributed by atoms with Crippen molar-refractivity contribution < 1.29 is 4.74 Å². The predicted octanol–water partition coefficient (Wildman–Crippen LogP) is 2.01. The Bertz CT molecular complexity index is 350. The van der Waals surface area contributed by atoms with E-state index in [1.165, 1.54) is 12.8 Å². The zero-order valence-electron chi connectivity index (χ0n) is 9.99. The molecule has 4 heteroatoms. The minimum Gasteiger partial charge on any atom is -0.385 e. The highest BCUT2D eigenvalue weighted by Gasteiger charge is 2.41. The molecule has 0 unspecified atom stereocenters. The van der Waals surface area contributed by atoms with Crippen molar-refractivity contribution >= 4 is 5.82 Å². The lowest BCUT2D eigenvalue weighted by Gasteiger charge is -2.15. The maximum atomic E-state index is 5.14. The summed E-state index contributed by atoms with van der Waals surface area (Å²) in [5, 5.41) is 3.39. The molecule has 1 saturated carbocycles. The smallest absolute Gasteiger partial charge is 0.129 e. The van der Waals surface area contributed by atoms with Gasteiger partial charge in [0.15, 0.2) is 0 Å². The Balaban J connectivity index is 1.83. The number of methoxy groups -OCH3 is 1. The van der Waals surface area contributed by atoms with Crippen molar-refractivity contribution in [2.24, 2.45) is 5.41 Å². The topological polar surface area (TPSA) is 47.0 Å². The van der Waals surface area contributed by atoms with Gasteiger partial charge in [-0.15, -0.1) is 0 Å². The van der Waals surface area contributed by atoms with E-state index in [0.29, 0.717) is 5.41 Å². The van der Waals surface area contributed by atoms with Crippen molar-refractivity contribution in [1.29, 1.82) is 0 Å². The Hall–Kier alpha value is -1.16. The number of nitrogens with one attached hydrogen (secondary N) is 1. The van der Waals surface area contributed by atoms with Gasteiger partial charge in [-0.1, -0.05) is 0 Å². The number of aryl methyl sites for hydroxylation is 1. The van der Waals surface area contributed by atoms with Gasteiger partial charge in [-0.2, -0.15) is 0 Å². The summed E-state index contributed by atoms with van der Waals surface area (Å²) in [4.78, 5) is 8.41. The number of hydrogen-bond donors (Lipinski definition) is 1. The molecule has 0 saturated heterocycles. The Labute approximate surface area is 96.4 Å². The first-order chi connectivity index (χ1) is 7.74. The fourth-order valence-corrected chi connectivity index (χ4v) is 1.84. The highest BCUT2D eigenvalue weighted by Crippen LogP contribution is 2.48. The van der Waals surface area contributed by atoms with Crippen molar-refractivity contribution in [2.45, 2.75) is 26.2 Å². The van der Waals surface area contributed by atoms with E-state index in [4.69, 9.17) is 4.74 Å². The molecule has 1 aromatic heterocycles. The number of nitrogens with zero attached hydrogens (tertiary/aromatic N) is 2. The molecule has 0 atom stereocenters. The third-order valence-electron chi connectivity index (χ3n) is 3.21. The van der Waals surface area contributed by atoms with E-state index in [9.17, 15) is 0 Å². The van der Waals surface area contributed by atoms with Gasteiger partial charge in [-0.05, 0) is 37.7 Å². The summed E-state index contributed by atoms with van der Waals surface area (Å²) in [6.45, 7) is 3.75. The summed E-state index contributed by atoms with van der Waals surface area (Å²) in [6.07, 6.45) is 5.53. The summed E-state index contributed by atoms with van der Waals surface area (Å²) in [7, 11) is 1.76. The first-order valence-corrected chi connectivity index (χ1v) is 5.77. The van der Waals surface area contributed by atoms with Gasteiger partial charge in [0, 0.05) is 26.5 Å². The fourth-order valence-electron chi connectivity index (χ4n) is 1.84. The largest absolute Gasteiger partial charge is 0.385 e. The second-order valence-electron chi connectivity index (χ2n) is 4.59. The van der Waals surface area contributed by atoms with Crippen LogP contribution in [0.25, 0.3) is 0 Å². The molecule has 1 aliphatic carbocycles. The summed E-state index contributed by atoms with van der Waals surface area (Å²) in [5.41, 5.74) is 0.453. The van der Waals surface area contributed by atoms with Crippen LogP contribution in [-0.2, 0) is 4.74 Å². The predicted molar refractivity (Wildman–Crippen MR) is 63.4 cm³/mol. The highest BCUT2D eigenvalue weighted by molar-refractivity contribution is 5.33. The molecule has 88 valence electrons. The molecule has 1 heterocycles. The molecule has 0 spiro atoms. The van der Waals surface area contributed by atoms with Crippen LogP contribution in [0.4, 0.5) is 5.82 Å². The minimum absolute atomic E-state index is 0.453. The Morgan fingerprint density at radius 2 is 2.31 bits per heavy atom. The molecule has 4 nitrogen and oxygen atoms in total.